The Morgan fingerprint density at radius 3 is 2.85 bits per heavy atom. The molecule has 0 amide bonds. The lowest BCUT2D eigenvalue weighted by atomic mass is 10.3. The van der Waals surface area contributed by atoms with Crippen LogP contribution in [0.3, 0.4) is 0 Å². The summed E-state index contributed by atoms with van der Waals surface area (Å²) in [6.45, 7) is 0.905. The van der Waals surface area contributed by atoms with Crippen LogP contribution in [-0.2, 0) is 6.54 Å². The topological polar surface area (TPSA) is 68.5 Å². The van der Waals surface area contributed by atoms with E-state index in [0.29, 0.717) is 6.04 Å². The fraction of sp³-hybridized carbons (Fsp3) is 0.538. The molecule has 2 saturated carbocycles. The second kappa shape index (κ2) is 5.14. The highest BCUT2D eigenvalue weighted by atomic mass is 32.2. The van der Waals surface area contributed by atoms with Gasteiger partial charge < -0.3 is 5.32 Å². The summed E-state index contributed by atoms with van der Waals surface area (Å²) in [4.78, 5) is 4.49. The molecule has 2 aliphatic carbocycles. The Labute approximate surface area is 121 Å². The average Bonchev–Trinajstić information content (AvgIpc) is 3.39. The molecule has 0 atom stereocenters. The highest BCUT2D eigenvalue weighted by Gasteiger charge is 2.28. The summed E-state index contributed by atoms with van der Waals surface area (Å²) in [5, 5.41) is 17.1. The third-order valence-electron chi connectivity index (χ3n) is 3.52. The van der Waals surface area contributed by atoms with Gasteiger partial charge in [0, 0.05) is 18.8 Å². The highest BCUT2D eigenvalue weighted by Crippen LogP contribution is 2.37. The van der Waals surface area contributed by atoms with Crippen LogP contribution >= 0.6 is 11.8 Å². The van der Waals surface area contributed by atoms with Crippen molar-refractivity contribution in [3.05, 3.63) is 23.9 Å². The molecular formula is C13H16N6S. The van der Waals surface area contributed by atoms with Gasteiger partial charge in [0.1, 0.15) is 5.03 Å². The van der Waals surface area contributed by atoms with Crippen molar-refractivity contribution in [3.8, 4) is 0 Å². The van der Waals surface area contributed by atoms with Gasteiger partial charge >= 0.3 is 0 Å². The molecule has 6 nitrogen and oxygen atoms in total. The first-order chi connectivity index (χ1) is 9.88. The lowest BCUT2D eigenvalue weighted by Gasteiger charge is -2.04. The summed E-state index contributed by atoms with van der Waals surface area (Å²) in [6, 6.07) is 5.39. The molecule has 0 aromatic carbocycles. The molecule has 2 aliphatic rings. The zero-order valence-electron chi connectivity index (χ0n) is 11.1. The van der Waals surface area contributed by atoms with Gasteiger partial charge in [0.25, 0.3) is 0 Å². The van der Waals surface area contributed by atoms with E-state index in [1.807, 2.05) is 16.9 Å². The molecule has 104 valence electrons. The molecule has 0 spiro atoms. The van der Waals surface area contributed by atoms with Crippen LogP contribution in [0.15, 0.2) is 28.5 Å². The zero-order valence-corrected chi connectivity index (χ0v) is 11.9. The van der Waals surface area contributed by atoms with Crippen LogP contribution in [-0.4, -0.2) is 31.2 Å². The minimum atomic E-state index is 0.495. The molecule has 7 heteroatoms. The standard InChI is InChI=1S/C13H16N6S/c1-6-12(15-8-9(1)7-14-10-2-3-10)20-13-16-17-18-19(13)11-4-5-11/h1,6,8,10-11,14H,2-5,7H2. The molecule has 0 aliphatic heterocycles. The van der Waals surface area contributed by atoms with E-state index >= 15 is 0 Å². The van der Waals surface area contributed by atoms with Crippen molar-refractivity contribution in [2.75, 3.05) is 0 Å². The van der Waals surface area contributed by atoms with Gasteiger partial charge in [-0.1, -0.05) is 6.07 Å². The summed E-state index contributed by atoms with van der Waals surface area (Å²) < 4.78 is 1.91. The predicted octanol–water partition coefficient (Wildman–Crippen LogP) is 1.81. The van der Waals surface area contributed by atoms with Gasteiger partial charge in [-0.05, 0) is 59.5 Å². The summed E-state index contributed by atoms with van der Waals surface area (Å²) >= 11 is 1.53. The molecule has 20 heavy (non-hydrogen) atoms. The van der Waals surface area contributed by atoms with Crippen molar-refractivity contribution in [3.63, 3.8) is 0 Å². The van der Waals surface area contributed by atoms with Crippen LogP contribution in [0, 0.1) is 0 Å². The van der Waals surface area contributed by atoms with Crippen molar-refractivity contribution in [1.29, 1.82) is 0 Å². The van der Waals surface area contributed by atoms with E-state index in [-0.39, 0.29) is 0 Å². The van der Waals surface area contributed by atoms with E-state index < -0.39 is 0 Å². The second-order valence-electron chi connectivity index (χ2n) is 5.40. The predicted molar refractivity (Wildman–Crippen MR) is 74.3 cm³/mol. The monoisotopic (exact) mass is 288 g/mol. The Balaban J connectivity index is 1.41. The molecule has 0 bridgehead atoms. The number of rotatable bonds is 6. The van der Waals surface area contributed by atoms with E-state index in [0.717, 1.165) is 22.8 Å². The molecule has 0 saturated heterocycles. The van der Waals surface area contributed by atoms with Gasteiger partial charge in [0.05, 0.1) is 6.04 Å². The maximum atomic E-state index is 4.49. The van der Waals surface area contributed by atoms with Crippen LogP contribution < -0.4 is 5.32 Å². The minimum Gasteiger partial charge on any atom is -0.310 e. The van der Waals surface area contributed by atoms with Gasteiger partial charge in [-0.3, -0.25) is 0 Å². The number of nitrogens with zero attached hydrogens (tertiary/aromatic N) is 5. The lowest BCUT2D eigenvalue weighted by Crippen LogP contribution is -2.15. The Morgan fingerprint density at radius 2 is 2.15 bits per heavy atom. The van der Waals surface area contributed by atoms with E-state index in [2.05, 4.69) is 31.9 Å². The Kier molecular flexibility index (Phi) is 3.16. The van der Waals surface area contributed by atoms with E-state index in [1.165, 1.54) is 43.0 Å². The molecule has 2 heterocycles. The maximum absolute atomic E-state index is 4.49. The summed E-state index contributed by atoms with van der Waals surface area (Å²) in [6.07, 6.45) is 6.91. The molecule has 1 N–H and O–H groups in total. The van der Waals surface area contributed by atoms with Crippen LogP contribution in [0.5, 0.6) is 0 Å². The average molecular weight is 288 g/mol. The van der Waals surface area contributed by atoms with Crippen LogP contribution in [0.1, 0.15) is 37.3 Å². The fourth-order valence-electron chi connectivity index (χ4n) is 2.02. The number of nitrogens with one attached hydrogen (secondary N) is 1. The zero-order chi connectivity index (χ0) is 13.4. The van der Waals surface area contributed by atoms with Gasteiger partial charge in [-0.25, -0.2) is 9.67 Å². The summed E-state index contributed by atoms with van der Waals surface area (Å²) in [5.74, 6) is 0. The quantitative estimate of drug-likeness (QED) is 0.874. The summed E-state index contributed by atoms with van der Waals surface area (Å²) in [5.41, 5.74) is 1.23. The van der Waals surface area contributed by atoms with Gasteiger partial charge in [-0.2, -0.15) is 0 Å². The normalized spacial score (nSPS) is 18.4. The second-order valence-corrected chi connectivity index (χ2v) is 6.39. The molecule has 2 aromatic heterocycles. The summed E-state index contributed by atoms with van der Waals surface area (Å²) in [7, 11) is 0. The van der Waals surface area contributed by atoms with E-state index in [9.17, 15) is 0 Å². The molecule has 2 fully saturated rings. The third kappa shape index (κ3) is 2.83. The van der Waals surface area contributed by atoms with Crippen LogP contribution in [0.25, 0.3) is 0 Å². The fourth-order valence-corrected chi connectivity index (χ4v) is 2.80. The molecule has 0 unspecified atom stereocenters. The van der Waals surface area contributed by atoms with Crippen molar-refractivity contribution in [1.82, 2.24) is 30.5 Å². The first kappa shape index (κ1) is 12.3. The number of tetrazole rings is 1. The Bertz CT molecular complexity index is 587. The van der Waals surface area contributed by atoms with Crippen molar-refractivity contribution in [2.24, 2.45) is 0 Å². The Morgan fingerprint density at radius 1 is 1.25 bits per heavy atom. The van der Waals surface area contributed by atoms with Crippen molar-refractivity contribution in [2.45, 2.75) is 54.5 Å². The number of hydrogen-bond acceptors (Lipinski definition) is 6. The van der Waals surface area contributed by atoms with Crippen LogP contribution in [0.2, 0.25) is 0 Å². The molecule has 2 aromatic rings. The number of hydrogen-bond donors (Lipinski definition) is 1. The number of pyridine rings is 1. The van der Waals surface area contributed by atoms with Crippen molar-refractivity contribution < 1.29 is 0 Å². The van der Waals surface area contributed by atoms with Gasteiger partial charge in [-0.15, -0.1) is 5.10 Å². The van der Waals surface area contributed by atoms with Gasteiger partial charge in [0.2, 0.25) is 5.16 Å². The third-order valence-corrected chi connectivity index (χ3v) is 4.42. The highest BCUT2D eigenvalue weighted by molar-refractivity contribution is 7.99. The van der Waals surface area contributed by atoms with Gasteiger partial charge in [0.15, 0.2) is 0 Å². The Hall–Kier alpha value is -1.47. The number of aromatic nitrogens is 5. The van der Waals surface area contributed by atoms with E-state index in [1.54, 1.807) is 0 Å². The molecular weight excluding hydrogens is 272 g/mol. The molecule has 4 rings (SSSR count). The minimum absolute atomic E-state index is 0.495. The van der Waals surface area contributed by atoms with Crippen molar-refractivity contribution >= 4 is 11.8 Å². The smallest absolute Gasteiger partial charge is 0.215 e. The lowest BCUT2D eigenvalue weighted by molar-refractivity contribution is 0.565. The molecule has 0 radical (unpaired) electrons. The SMILES string of the molecule is c1cc(Sc2nnnn2C2CC2)ncc1CNC1CC1. The largest absolute Gasteiger partial charge is 0.310 e. The first-order valence-electron chi connectivity index (χ1n) is 7.02. The van der Waals surface area contributed by atoms with E-state index in [4.69, 9.17) is 0 Å². The maximum Gasteiger partial charge on any atom is 0.215 e. The van der Waals surface area contributed by atoms with Crippen LogP contribution in [0.4, 0.5) is 0 Å². The first-order valence-corrected chi connectivity index (χ1v) is 7.84.